The van der Waals surface area contributed by atoms with Gasteiger partial charge in [0, 0.05) is 39.7 Å². The van der Waals surface area contributed by atoms with Gasteiger partial charge in [0.1, 0.15) is 0 Å². The van der Waals surface area contributed by atoms with Crippen molar-refractivity contribution in [3.05, 3.63) is 28.2 Å². The summed E-state index contributed by atoms with van der Waals surface area (Å²) < 4.78 is 23.1. The third-order valence-corrected chi connectivity index (χ3v) is 5.23. The van der Waals surface area contributed by atoms with Gasteiger partial charge < -0.3 is 4.90 Å². The van der Waals surface area contributed by atoms with Gasteiger partial charge in [-0.1, -0.05) is 15.9 Å². The van der Waals surface area contributed by atoms with Crippen LogP contribution in [0, 0.1) is 12.8 Å². The minimum atomic E-state index is -3.57. The summed E-state index contributed by atoms with van der Waals surface area (Å²) in [6.07, 6.45) is 0.223. The van der Waals surface area contributed by atoms with Gasteiger partial charge in [0.15, 0.2) is 0 Å². The Balaban J connectivity index is 2.18. The Hall–Kier alpha value is -0.590. The first-order valence-electron chi connectivity index (χ1n) is 5.75. The number of halogens is 2. The van der Waals surface area contributed by atoms with Gasteiger partial charge in [0.25, 0.3) is 0 Å². The molecule has 0 aromatic heterocycles. The van der Waals surface area contributed by atoms with Crippen LogP contribution in [0.1, 0.15) is 12.0 Å². The van der Waals surface area contributed by atoms with Crippen molar-refractivity contribution in [2.45, 2.75) is 13.3 Å². The maximum absolute atomic E-state index is 11.9. The number of carbonyl (C=O) groups is 1. The van der Waals surface area contributed by atoms with E-state index in [4.69, 9.17) is 10.7 Å². The SMILES string of the molecule is Cc1cc(N2CC(CS(=O)(=O)Cl)CC2=O)ccc1Br. The molecule has 1 atom stereocenters. The normalized spacial score (nSPS) is 20.1. The fourth-order valence-electron chi connectivity index (χ4n) is 2.22. The molecule has 1 aliphatic heterocycles. The van der Waals surface area contributed by atoms with Crippen molar-refractivity contribution in [2.24, 2.45) is 5.92 Å². The molecule has 1 heterocycles. The van der Waals surface area contributed by atoms with Crippen molar-refractivity contribution in [3.63, 3.8) is 0 Å². The molecule has 0 spiro atoms. The quantitative estimate of drug-likeness (QED) is 0.773. The van der Waals surface area contributed by atoms with Crippen molar-refractivity contribution in [1.29, 1.82) is 0 Å². The zero-order valence-corrected chi connectivity index (χ0v) is 13.4. The molecule has 104 valence electrons. The third-order valence-electron chi connectivity index (χ3n) is 3.09. The number of aryl methyl sites for hydroxylation is 1. The summed E-state index contributed by atoms with van der Waals surface area (Å²) in [5.41, 5.74) is 1.82. The number of nitrogens with zero attached hydrogens (tertiary/aromatic N) is 1. The highest BCUT2D eigenvalue weighted by Crippen LogP contribution is 2.29. The summed E-state index contributed by atoms with van der Waals surface area (Å²) >= 11 is 3.40. The molecule has 0 N–H and O–H groups in total. The van der Waals surface area contributed by atoms with Crippen LogP contribution in [0.3, 0.4) is 0 Å². The van der Waals surface area contributed by atoms with E-state index in [9.17, 15) is 13.2 Å². The molecule has 1 unspecified atom stereocenters. The van der Waals surface area contributed by atoms with E-state index >= 15 is 0 Å². The molecule has 1 aromatic rings. The van der Waals surface area contributed by atoms with Crippen LogP contribution in [0.15, 0.2) is 22.7 Å². The Morgan fingerprint density at radius 2 is 2.16 bits per heavy atom. The number of hydrogen-bond acceptors (Lipinski definition) is 3. The summed E-state index contributed by atoms with van der Waals surface area (Å²) in [4.78, 5) is 13.6. The molecule has 0 radical (unpaired) electrons. The number of hydrogen-bond donors (Lipinski definition) is 0. The van der Waals surface area contributed by atoms with Crippen LogP contribution in [-0.4, -0.2) is 26.6 Å². The van der Waals surface area contributed by atoms with E-state index in [1.54, 1.807) is 4.90 Å². The van der Waals surface area contributed by atoms with Gasteiger partial charge >= 0.3 is 0 Å². The fourth-order valence-corrected chi connectivity index (χ4v) is 3.79. The second kappa shape index (κ2) is 5.42. The van der Waals surface area contributed by atoms with E-state index in [0.29, 0.717) is 6.54 Å². The lowest BCUT2D eigenvalue weighted by Crippen LogP contribution is -2.25. The van der Waals surface area contributed by atoms with Gasteiger partial charge in [-0.25, -0.2) is 8.42 Å². The highest BCUT2D eigenvalue weighted by molar-refractivity contribution is 9.10. The number of carbonyl (C=O) groups excluding carboxylic acids is 1. The molecule has 0 bridgehead atoms. The molecule has 1 saturated heterocycles. The topological polar surface area (TPSA) is 54.5 Å². The molecule has 1 fully saturated rings. The average Bonchev–Trinajstić information content (AvgIpc) is 2.61. The van der Waals surface area contributed by atoms with Crippen molar-refractivity contribution in [1.82, 2.24) is 0 Å². The van der Waals surface area contributed by atoms with E-state index in [0.717, 1.165) is 15.7 Å². The Kier molecular flexibility index (Phi) is 4.23. The first-order valence-corrected chi connectivity index (χ1v) is 9.02. The van der Waals surface area contributed by atoms with Crippen LogP contribution < -0.4 is 4.90 Å². The van der Waals surface area contributed by atoms with Crippen molar-refractivity contribution in [3.8, 4) is 0 Å². The highest BCUT2D eigenvalue weighted by atomic mass is 79.9. The van der Waals surface area contributed by atoms with E-state index in [-0.39, 0.29) is 24.0 Å². The Morgan fingerprint density at radius 3 is 2.74 bits per heavy atom. The van der Waals surface area contributed by atoms with E-state index in [1.165, 1.54) is 0 Å². The van der Waals surface area contributed by atoms with E-state index in [1.807, 2.05) is 25.1 Å². The van der Waals surface area contributed by atoms with Gasteiger partial charge in [-0.05, 0) is 30.7 Å². The largest absolute Gasteiger partial charge is 0.312 e. The Labute approximate surface area is 125 Å². The molecule has 2 rings (SSSR count). The zero-order chi connectivity index (χ0) is 14.2. The van der Waals surface area contributed by atoms with Crippen molar-refractivity contribution in [2.75, 3.05) is 17.2 Å². The third kappa shape index (κ3) is 3.70. The van der Waals surface area contributed by atoms with Gasteiger partial charge in [0.05, 0.1) is 5.75 Å². The van der Waals surface area contributed by atoms with Gasteiger partial charge in [-0.3, -0.25) is 4.79 Å². The molecule has 4 nitrogen and oxygen atoms in total. The second-order valence-corrected chi connectivity index (χ2v) is 8.39. The minimum Gasteiger partial charge on any atom is -0.312 e. The Bertz CT molecular complexity index is 617. The predicted molar refractivity (Wildman–Crippen MR) is 79.0 cm³/mol. The summed E-state index contributed by atoms with van der Waals surface area (Å²) in [6.45, 7) is 2.33. The molecule has 0 saturated carbocycles. The first kappa shape index (κ1) is 14.8. The highest BCUT2D eigenvalue weighted by Gasteiger charge is 2.33. The lowest BCUT2D eigenvalue weighted by atomic mass is 10.1. The molecule has 0 aliphatic carbocycles. The van der Waals surface area contributed by atoms with Gasteiger partial charge in [-0.2, -0.15) is 0 Å². The van der Waals surface area contributed by atoms with Crippen LogP contribution in [0.4, 0.5) is 5.69 Å². The average molecular weight is 367 g/mol. The number of amides is 1. The van der Waals surface area contributed by atoms with Crippen LogP contribution in [-0.2, 0) is 13.8 Å². The first-order chi connectivity index (χ1) is 8.76. The fraction of sp³-hybridized carbons (Fsp3) is 0.417. The lowest BCUT2D eigenvalue weighted by molar-refractivity contribution is -0.117. The van der Waals surface area contributed by atoms with Crippen molar-refractivity contribution >= 4 is 47.3 Å². The maximum atomic E-state index is 11.9. The van der Waals surface area contributed by atoms with Crippen molar-refractivity contribution < 1.29 is 13.2 Å². The standard InChI is InChI=1S/C12H13BrClNO3S/c1-8-4-10(2-3-11(8)13)15-6-9(5-12(15)16)7-19(14,17)18/h2-4,9H,5-7H2,1H3. The zero-order valence-electron chi connectivity index (χ0n) is 10.3. The maximum Gasteiger partial charge on any atom is 0.232 e. The summed E-state index contributed by atoms with van der Waals surface area (Å²) in [5.74, 6) is -0.460. The summed E-state index contributed by atoms with van der Waals surface area (Å²) in [5, 5.41) is 0. The van der Waals surface area contributed by atoms with Crippen LogP contribution >= 0.6 is 26.6 Å². The number of rotatable bonds is 3. The van der Waals surface area contributed by atoms with Crippen LogP contribution in [0.5, 0.6) is 0 Å². The molecule has 1 amide bonds. The molecule has 7 heteroatoms. The molecule has 1 aliphatic rings. The number of benzene rings is 1. The minimum absolute atomic E-state index is 0.0629. The molecule has 1 aromatic carbocycles. The second-order valence-electron chi connectivity index (χ2n) is 4.71. The van der Waals surface area contributed by atoms with Gasteiger partial charge in [-0.15, -0.1) is 0 Å². The molecular weight excluding hydrogens is 354 g/mol. The number of anilines is 1. The van der Waals surface area contributed by atoms with Gasteiger partial charge in [0.2, 0.25) is 15.0 Å². The van der Waals surface area contributed by atoms with E-state index < -0.39 is 9.05 Å². The monoisotopic (exact) mass is 365 g/mol. The lowest BCUT2D eigenvalue weighted by Gasteiger charge is -2.17. The Morgan fingerprint density at radius 1 is 1.47 bits per heavy atom. The van der Waals surface area contributed by atoms with Crippen LogP contribution in [0.25, 0.3) is 0 Å². The van der Waals surface area contributed by atoms with Crippen LogP contribution in [0.2, 0.25) is 0 Å². The summed E-state index contributed by atoms with van der Waals surface area (Å²) in [7, 11) is 1.67. The van der Waals surface area contributed by atoms with E-state index in [2.05, 4.69) is 15.9 Å². The molecule has 19 heavy (non-hydrogen) atoms. The summed E-state index contributed by atoms with van der Waals surface area (Å²) in [6, 6.07) is 5.62. The predicted octanol–water partition coefficient (Wildman–Crippen LogP) is 2.68. The smallest absolute Gasteiger partial charge is 0.232 e. The molecular formula is C12H13BrClNO3S.